The number of rotatable bonds is 4. The first-order chi connectivity index (χ1) is 12.6. The van der Waals surface area contributed by atoms with Crippen LogP contribution in [0.2, 0.25) is 0 Å². The zero-order chi connectivity index (χ0) is 18.3. The number of carbonyl (C=O) groups is 2. The molecule has 1 saturated heterocycles. The number of nitrogens with zero attached hydrogens (tertiary/aromatic N) is 1. The van der Waals surface area contributed by atoms with E-state index in [1.807, 2.05) is 53.5 Å². The molecule has 1 amide bonds. The minimum Gasteiger partial charge on any atom is -0.501 e. The predicted octanol–water partition coefficient (Wildman–Crippen LogP) is 2.94. The van der Waals surface area contributed by atoms with Crippen molar-refractivity contribution < 1.29 is 19.1 Å². The molecule has 4 atom stereocenters. The number of anilines is 1. The maximum Gasteiger partial charge on any atom is 0.305 e. The third kappa shape index (κ3) is 2.30. The Morgan fingerprint density at radius 1 is 1.27 bits per heavy atom. The summed E-state index contributed by atoms with van der Waals surface area (Å²) >= 11 is 0. The molecule has 1 aliphatic heterocycles. The van der Waals surface area contributed by atoms with E-state index >= 15 is 0 Å². The van der Waals surface area contributed by atoms with Crippen molar-refractivity contribution in [3.63, 3.8) is 0 Å². The molecule has 0 radical (unpaired) electrons. The Morgan fingerprint density at radius 2 is 2.04 bits per heavy atom. The van der Waals surface area contributed by atoms with Gasteiger partial charge in [0, 0.05) is 24.6 Å². The van der Waals surface area contributed by atoms with Crippen molar-refractivity contribution in [2.24, 2.45) is 23.2 Å². The monoisotopic (exact) mass is 353 g/mol. The van der Waals surface area contributed by atoms with Gasteiger partial charge in [0.2, 0.25) is 5.91 Å². The van der Waals surface area contributed by atoms with Gasteiger partial charge in [0.05, 0.1) is 19.6 Å². The van der Waals surface area contributed by atoms with Crippen molar-refractivity contribution in [1.82, 2.24) is 0 Å². The highest BCUT2D eigenvalue weighted by atomic mass is 16.5. The molecule has 3 aliphatic rings. The fraction of sp³-hybridized carbons (Fsp3) is 0.429. The molecule has 5 heteroatoms. The van der Waals surface area contributed by atoms with Gasteiger partial charge in [-0.25, -0.2) is 0 Å². The molecule has 4 rings (SSSR count). The van der Waals surface area contributed by atoms with E-state index in [1.165, 1.54) is 7.11 Å². The molecule has 2 aliphatic carbocycles. The van der Waals surface area contributed by atoms with E-state index in [2.05, 4.69) is 0 Å². The van der Waals surface area contributed by atoms with Crippen molar-refractivity contribution in [3.05, 3.63) is 54.3 Å². The van der Waals surface area contributed by atoms with Crippen LogP contribution in [0.5, 0.6) is 0 Å². The first-order valence-corrected chi connectivity index (χ1v) is 8.99. The Hall–Kier alpha value is -2.56. The molecule has 0 N–H and O–H groups in total. The Balaban J connectivity index is 1.73. The number of carbonyl (C=O) groups excluding carboxylic acids is 2. The molecule has 1 aromatic carbocycles. The zero-order valence-corrected chi connectivity index (χ0v) is 15.1. The Morgan fingerprint density at radius 3 is 2.73 bits per heavy atom. The van der Waals surface area contributed by atoms with Gasteiger partial charge in [-0.3, -0.25) is 9.59 Å². The van der Waals surface area contributed by atoms with Crippen molar-refractivity contribution >= 4 is 17.6 Å². The summed E-state index contributed by atoms with van der Waals surface area (Å²) in [6.45, 7) is 0.665. The van der Waals surface area contributed by atoms with E-state index < -0.39 is 5.41 Å². The molecular formula is C21H23NO4. The topological polar surface area (TPSA) is 55.8 Å². The number of para-hydroxylation sites is 1. The number of esters is 1. The van der Waals surface area contributed by atoms with Crippen LogP contribution in [0.25, 0.3) is 0 Å². The summed E-state index contributed by atoms with van der Waals surface area (Å²) in [5.41, 5.74) is 0.292. The van der Waals surface area contributed by atoms with Crippen LogP contribution in [0.1, 0.15) is 12.8 Å². The van der Waals surface area contributed by atoms with Gasteiger partial charge in [0.15, 0.2) is 0 Å². The van der Waals surface area contributed by atoms with E-state index in [9.17, 15) is 9.59 Å². The number of methoxy groups -OCH3 is 2. The fourth-order valence-electron chi connectivity index (χ4n) is 5.12. The number of ether oxygens (including phenoxy) is 2. The summed E-state index contributed by atoms with van der Waals surface area (Å²) in [5.74, 6) is 0.734. The average molecular weight is 353 g/mol. The summed E-state index contributed by atoms with van der Waals surface area (Å²) in [5, 5.41) is 0. The second-order valence-electron chi connectivity index (χ2n) is 7.27. The predicted molar refractivity (Wildman–Crippen MR) is 97.2 cm³/mol. The lowest BCUT2D eigenvalue weighted by atomic mass is 9.68. The largest absolute Gasteiger partial charge is 0.501 e. The second kappa shape index (κ2) is 6.31. The van der Waals surface area contributed by atoms with Crippen molar-refractivity contribution in [1.29, 1.82) is 0 Å². The fourth-order valence-corrected chi connectivity index (χ4v) is 5.12. The van der Waals surface area contributed by atoms with E-state index in [-0.39, 0.29) is 29.6 Å². The van der Waals surface area contributed by atoms with Crippen LogP contribution in [-0.2, 0) is 19.1 Å². The van der Waals surface area contributed by atoms with Crippen LogP contribution in [-0.4, -0.2) is 32.6 Å². The van der Waals surface area contributed by atoms with Crippen LogP contribution in [0.4, 0.5) is 5.69 Å². The van der Waals surface area contributed by atoms with Gasteiger partial charge in [0.1, 0.15) is 5.76 Å². The Bertz CT molecular complexity index is 784. The summed E-state index contributed by atoms with van der Waals surface area (Å²) in [6, 6.07) is 9.78. The molecule has 1 spiro atoms. The molecule has 1 heterocycles. The van der Waals surface area contributed by atoms with Crippen molar-refractivity contribution in [2.75, 3.05) is 25.7 Å². The molecule has 5 nitrogen and oxygen atoms in total. The second-order valence-corrected chi connectivity index (χ2v) is 7.27. The number of benzene rings is 1. The van der Waals surface area contributed by atoms with Gasteiger partial charge < -0.3 is 14.4 Å². The molecule has 0 bridgehead atoms. The lowest BCUT2D eigenvalue weighted by Crippen LogP contribution is -2.42. The van der Waals surface area contributed by atoms with Gasteiger partial charge in [-0.15, -0.1) is 0 Å². The molecular weight excluding hydrogens is 330 g/mol. The third-order valence-electron chi connectivity index (χ3n) is 6.17. The van der Waals surface area contributed by atoms with E-state index in [1.54, 1.807) is 7.11 Å². The summed E-state index contributed by atoms with van der Waals surface area (Å²) in [4.78, 5) is 27.4. The Kier molecular flexibility index (Phi) is 4.10. The van der Waals surface area contributed by atoms with Gasteiger partial charge >= 0.3 is 5.97 Å². The van der Waals surface area contributed by atoms with Crippen LogP contribution >= 0.6 is 0 Å². The molecule has 0 aromatic heterocycles. The maximum absolute atomic E-state index is 13.6. The maximum atomic E-state index is 13.6. The number of hydrogen-bond donors (Lipinski definition) is 0. The Labute approximate surface area is 153 Å². The SMILES string of the molecule is COC(=O)C[C@H]1C[C@@H]2CN(c3ccccc3)C(=O)[C@@]23C=CC=C(OC)[C@@H]13. The number of amides is 1. The first kappa shape index (κ1) is 16.9. The summed E-state index contributed by atoms with van der Waals surface area (Å²) in [7, 11) is 3.04. The first-order valence-electron chi connectivity index (χ1n) is 8.99. The van der Waals surface area contributed by atoms with Gasteiger partial charge in [0.25, 0.3) is 0 Å². The van der Waals surface area contributed by atoms with Gasteiger partial charge in [-0.2, -0.15) is 0 Å². The highest BCUT2D eigenvalue weighted by molar-refractivity contribution is 6.02. The smallest absolute Gasteiger partial charge is 0.305 e. The van der Waals surface area contributed by atoms with E-state index in [4.69, 9.17) is 9.47 Å². The van der Waals surface area contributed by atoms with E-state index in [0.717, 1.165) is 17.9 Å². The minimum absolute atomic E-state index is 0.0467. The molecule has 26 heavy (non-hydrogen) atoms. The van der Waals surface area contributed by atoms with Crippen LogP contribution < -0.4 is 4.90 Å². The van der Waals surface area contributed by atoms with E-state index in [0.29, 0.717) is 13.0 Å². The van der Waals surface area contributed by atoms with Gasteiger partial charge in [-0.1, -0.05) is 30.4 Å². The lowest BCUT2D eigenvalue weighted by Gasteiger charge is -2.36. The highest BCUT2D eigenvalue weighted by Gasteiger charge is 2.65. The third-order valence-corrected chi connectivity index (χ3v) is 6.17. The van der Waals surface area contributed by atoms with Crippen LogP contribution in [0.15, 0.2) is 54.3 Å². The highest BCUT2D eigenvalue weighted by Crippen LogP contribution is 2.61. The normalized spacial score (nSPS) is 32.1. The van der Waals surface area contributed by atoms with Crippen LogP contribution in [0.3, 0.4) is 0 Å². The minimum atomic E-state index is -0.630. The van der Waals surface area contributed by atoms with Crippen molar-refractivity contribution in [2.45, 2.75) is 12.8 Å². The van der Waals surface area contributed by atoms with Crippen molar-refractivity contribution in [3.8, 4) is 0 Å². The number of hydrogen-bond acceptors (Lipinski definition) is 4. The molecule has 1 aromatic rings. The summed E-state index contributed by atoms with van der Waals surface area (Å²) < 4.78 is 10.5. The van der Waals surface area contributed by atoms with Gasteiger partial charge in [-0.05, 0) is 36.5 Å². The molecule has 0 unspecified atom stereocenters. The molecule has 2 fully saturated rings. The number of allylic oxidation sites excluding steroid dienone is 3. The lowest BCUT2D eigenvalue weighted by molar-refractivity contribution is -0.142. The zero-order valence-electron chi connectivity index (χ0n) is 15.1. The molecule has 136 valence electrons. The molecule has 1 saturated carbocycles. The quantitative estimate of drug-likeness (QED) is 0.781. The standard InChI is InChI=1S/C21H23NO4/c1-25-17-9-6-10-21-15(11-14(19(17)21)12-18(23)26-2)13-22(20(21)24)16-7-4-3-5-8-16/h3-10,14-15,19H,11-13H2,1-2H3/t14-,15-,19-,21+/m1/s1. The average Bonchev–Trinajstić information content (AvgIpc) is 3.13. The van der Waals surface area contributed by atoms with Crippen LogP contribution in [0, 0.1) is 23.2 Å². The summed E-state index contributed by atoms with van der Waals surface area (Å²) in [6.07, 6.45) is 7.00.